The van der Waals surface area contributed by atoms with Crippen LogP contribution in [0.3, 0.4) is 0 Å². The topological polar surface area (TPSA) is 78.0 Å². The van der Waals surface area contributed by atoms with Crippen LogP contribution >= 0.6 is 0 Å². The van der Waals surface area contributed by atoms with Crippen LogP contribution in [-0.2, 0) is 0 Å². The van der Waals surface area contributed by atoms with Crippen LogP contribution in [0.25, 0.3) is 27.9 Å². The number of carbonyl (C=O) groups excluding carboxylic acids is 1. The summed E-state index contributed by atoms with van der Waals surface area (Å²) >= 11 is 0. The highest BCUT2D eigenvalue weighted by Gasteiger charge is 2.10. The van der Waals surface area contributed by atoms with Crippen molar-refractivity contribution in [3.63, 3.8) is 0 Å². The molecule has 4 aromatic rings. The molecule has 0 fully saturated rings. The van der Waals surface area contributed by atoms with Gasteiger partial charge in [0.15, 0.2) is 0 Å². The van der Waals surface area contributed by atoms with Crippen LogP contribution in [0.1, 0.15) is 10.4 Å². The second-order valence-electron chi connectivity index (χ2n) is 5.24. The maximum Gasteiger partial charge on any atom is 0.338 e. The molecule has 0 saturated carbocycles. The Morgan fingerprint density at radius 1 is 1.04 bits per heavy atom. The fourth-order valence-corrected chi connectivity index (χ4v) is 2.53. The highest BCUT2D eigenvalue weighted by Crippen LogP contribution is 2.22. The van der Waals surface area contributed by atoms with E-state index in [9.17, 15) is 9.59 Å². The van der Waals surface area contributed by atoms with Gasteiger partial charge < -0.3 is 4.42 Å². The van der Waals surface area contributed by atoms with E-state index in [0.29, 0.717) is 22.5 Å². The molecule has 0 bridgehead atoms. The smallest absolute Gasteiger partial charge is 0.338 e. The fraction of sp³-hybridized carbons (Fsp3) is 0. The van der Waals surface area contributed by atoms with E-state index in [1.165, 1.54) is 6.07 Å². The maximum absolute atomic E-state index is 11.8. The summed E-state index contributed by atoms with van der Waals surface area (Å²) in [5, 5.41) is 9.03. The van der Waals surface area contributed by atoms with E-state index in [1.54, 1.807) is 47.3 Å². The molecule has 24 heavy (non-hydrogen) atoms. The molecule has 2 heterocycles. The summed E-state index contributed by atoms with van der Waals surface area (Å²) in [5.74, 6) is 0. The minimum Gasteiger partial charge on any atom is -0.423 e. The largest absolute Gasteiger partial charge is 0.423 e. The van der Waals surface area contributed by atoms with Gasteiger partial charge in [0.25, 0.3) is 0 Å². The molecular formula is C18H11N3O3. The number of para-hydroxylation sites is 1. The van der Waals surface area contributed by atoms with E-state index in [2.05, 4.69) is 10.3 Å². The molecule has 0 unspecified atom stereocenters. The van der Waals surface area contributed by atoms with Gasteiger partial charge in [-0.15, -0.1) is 5.10 Å². The molecule has 0 saturated heterocycles. The Bertz CT molecular complexity index is 1090. The van der Waals surface area contributed by atoms with Crippen LogP contribution in [-0.4, -0.2) is 21.3 Å². The summed E-state index contributed by atoms with van der Waals surface area (Å²) in [6.45, 7) is 0. The van der Waals surface area contributed by atoms with E-state index in [0.717, 1.165) is 17.2 Å². The van der Waals surface area contributed by atoms with E-state index in [-0.39, 0.29) is 0 Å². The van der Waals surface area contributed by atoms with Crippen molar-refractivity contribution >= 4 is 17.3 Å². The molecule has 0 aliphatic rings. The van der Waals surface area contributed by atoms with Gasteiger partial charge >= 0.3 is 5.63 Å². The molecule has 0 atom stereocenters. The minimum absolute atomic E-state index is 0.448. The standard InChI is InChI=1S/C18H11N3O3/c22-11-12-5-7-13(8-6-12)15-10-21(20-19-15)16-9-18(23)24-17-4-2-1-3-14(16)17/h1-11H. The van der Waals surface area contributed by atoms with Crippen molar-refractivity contribution in [1.82, 2.24) is 15.0 Å². The zero-order valence-corrected chi connectivity index (χ0v) is 12.4. The molecule has 6 heteroatoms. The number of nitrogens with zero attached hydrogens (tertiary/aromatic N) is 3. The number of hydrogen-bond acceptors (Lipinski definition) is 5. The second kappa shape index (κ2) is 5.58. The van der Waals surface area contributed by atoms with Crippen molar-refractivity contribution in [2.45, 2.75) is 0 Å². The first-order chi connectivity index (χ1) is 11.7. The zero-order valence-electron chi connectivity index (χ0n) is 12.4. The van der Waals surface area contributed by atoms with Gasteiger partial charge in [-0.25, -0.2) is 9.48 Å². The minimum atomic E-state index is -0.448. The lowest BCUT2D eigenvalue weighted by atomic mass is 10.1. The SMILES string of the molecule is O=Cc1ccc(-c2cn(-c3cc(=O)oc4ccccc34)nn2)cc1. The van der Waals surface area contributed by atoms with Gasteiger partial charge in [0.2, 0.25) is 0 Å². The van der Waals surface area contributed by atoms with Crippen LogP contribution in [0.15, 0.2) is 70.0 Å². The second-order valence-corrected chi connectivity index (χ2v) is 5.24. The van der Waals surface area contributed by atoms with Crippen molar-refractivity contribution in [1.29, 1.82) is 0 Å². The van der Waals surface area contributed by atoms with Gasteiger partial charge in [-0.1, -0.05) is 41.6 Å². The molecule has 2 aromatic heterocycles. The van der Waals surface area contributed by atoms with Crippen LogP contribution in [0.4, 0.5) is 0 Å². The van der Waals surface area contributed by atoms with Crippen LogP contribution in [0, 0.1) is 0 Å². The highest BCUT2D eigenvalue weighted by molar-refractivity contribution is 5.85. The maximum atomic E-state index is 11.8. The number of benzene rings is 2. The Morgan fingerprint density at radius 3 is 2.62 bits per heavy atom. The molecule has 4 rings (SSSR count). The molecule has 116 valence electrons. The van der Waals surface area contributed by atoms with Gasteiger partial charge in [-0.05, 0) is 12.1 Å². The first-order valence-corrected chi connectivity index (χ1v) is 7.26. The van der Waals surface area contributed by atoms with E-state index in [1.807, 2.05) is 12.1 Å². The van der Waals surface area contributed by atoms with Crippen LogP contribution in [0.5, 0.6) is 0 Å². The molecule has 0 aliphatic heterocycles. The Morgan fingerprint density at radius 2 is 1.83 bits per heavy atom. The van der Waals surface area contributed by atoms with Crippen molar-refractivity contribution in [3.05, 3.63) is 76.8 Å². The molecule has 0 aliphatic carbocycles. The van der Waals surface area contributed by atoms with E-state index in [4.69, 9.17) is 4.42 Å². The predicted molar refractivity (Wildman–Crippen MR) is 88.2 cm³/mol. The average molecular weight is 317 g/mol. The molecule has 0 N–H and O–H groups in total. The van der Waals surface area contributed by atoms with Gasteiger partial charge in [0, 0.05) is 16.5 Å². The molecule has 6 nitrogen and oxygen atoms in total. The summed E-state index contributed by atoms with van der Waals surface area (Å²) in [5.41, 5.74) is 2.72. The van der Waals surface area contributed by atoms with Crippen molar-refractivity contribution in [3.8, 4) is 16.9 Å². The molecule has 0 amide bonds. The Labute approximate surface area is 136 Å². The number of rotatable bonds is 3. The van der Waals surface area contributed by atoms with Gasteiger partial charge in [-0.3, -0.25) is 4.79 Å². The lowest BCUT2D eigenvalue weighted by Gasteiger charge is -2.03. The quantitative estimate of drug-likeness (QED) is 0.429. The summed E-state index contributed by atoms with van der Waals surface area (Å²) in [6.07, 6.45) is 2.52. The number of aldehydes is 1. The molecule has 0 radical (unpaired) electrons. The van der Waals surface area contributed by atoms with Crippen LogP contribution in [0.2, 0.25) is 0 Å². The highest BCUT2D eigenvalue weighted by atomic mass is 16.4. The molecular weight excluding hydrogens is 306 g/mol. The third kappa shape index (κ3) is 2.40. The van der Waals surface area contributed by atoms with Crippen molar-refractivity contribution in [2.24, 2.45) is 0 Å². The normalized spacial score (nSPS) is 10.8. The first kappa shape index (κ1) is 14.1. The Kier molecular flexibility index (Phi) is 3.28. The fourth-order valence-electron chi connectivity index (χ4n) is 2.53. The lowest BCUT2D eigenvalue weighted by Crippen LogP contribution is -2.04. The molecule has 0 spiro atoms. The van der Waals surface area contributed by atoms with Gasteiger partial charge in [0.1, 0.15) is 17.6 Å². The number of fused-ring (bicyclic) bond motifs is 1. The number of aromatic nitrogens is 3. The van der Waals surface area contributed by atoms with Gasteiger partial charge in [0.05, 0.1) is 18.0 Å². The first-order valence-electron chi connectivity index (χ1n) is 7.26. The summed E-state index contributed by atoms with van der Waals surface area (Å²) < 4.78 is 6.73. The summed E-state index contributed by atoms with van der Waals surface area (Å²) in [6, 6.07) is 15.7. The predicted octanol–water partition coefficient (Wildman–Crippen LogP) is 2.85. The zero-order chi connectivity index (χ0) is 16.5. The van der Waals surface area contributed by atoms with E-state index < -0.39 is 5.63 Å². The molecule has 2 aromatic carbocycles. The van der Waals surface area contributed by atoms with Crippen LogP contribution < -0.4 is 5.63 Å². The van der Waals surface area contributed by atoms with Crippen molar-refractivity contribution in [2.75, 3.05) is 0 Å². The average Bonchev–Trinajstić information content (AvgIpc) is 3.11. The Balaban J connectivity index is 1.83. The van der Waals surface area contributed by atoms with Crippen molar-refractivity contribution < 1.29 is 9.21 Å². The number of hydrogen-bond donors (Lipinski definition) is 0. The summed E-state index contributed by atoms with van der Waals surface area (Å²) in [7, 11) is 0. The summed E-state index contributed by atoms with van der Waals surface area (Å²) in [4.78, 5) is 22.5. The lowest BCUT2D eigenvalue weighted by molar-refractivity contribution is 0.112. The third-order valence-electron chi connectivity index (χ3n) is 3.71. The van der Waals surface area contributed by atoms with E-state index >= 15 is 0 Å². The Hall–Kier alpha value is -3.54. The third-order valence-corrected chi connectivity index (χ3v) is 3.71. The van der Waals surface area contributed by atoms with Gasteiger partial charge in [-0.2, -0.15) is 0 Å². The monoisotopic (exact) mass is 317 g/mol. The number of carbonyl (C=O) groups is 1.